The summed E-state index contributed by atoms with van der Waals surface area (Å²) in [5.74, 6) is -0.695. The molecule has 5 nitrogen and oxygen atoms in total. The number of carbonyl (C=O) groups is 1. The summed E-state index contributed by atoms with van der Waals surface area (Å²) in [5, 5.41) is 0.440. The number of fused-ring (bicyclic) bond motifs is 2. The monoisotopic (exact) mass is 394 g/mol. The lowest BCUT2D eigenvalue weighted by Gasteiger charge is -2.26. The maximum atomic E-state index is 14.0. The first kappa shape index (κ1) is 19.3. The molecule has 150 valence electrons. The van der Waals surface area contributed by atoms with Gasteiger partial charge in [0.1, 0.15) is 11.4 Å². The van der Waals surface area contributed by atoms with E-state index in [-0.39, 0.29) is 22.7 Å². The molecule has 1 aliphatic rings. The van der Waals surface area contributed by atoms with Crippen molar-refractivity contribution in [1.29, 1.82) is 0 Å². The summed E-state index contributed by atoms with van der Waals surface area (Å²) in [7, 11) is 3.82. The number of benzene rings is 2. The van der Waals surface area contributed by atoms with E-state index in [0.29, 0.717) is 29.6 Å². The molecule has 0 saturated carbocycles. The van der Waals surface area contributed by atoms with E-state index in [4.69, 9.17) is 4.42 Å². The van der Waals surface area contributed by atoms with Crippen molar-refractivity contribution < 1.29 is 13.6 Å². The third-order valence-electron chi connectivity index (χ3n) is 5.53. The van der Waals surface area contributed by atoms with Crippen LogP contribution >= 0.6 is 0 Å². The predicted octanol–water partition coefficient (Wildman–Crippen LogP) is 3.66. The molecule has 0 N–H and O–H groups in total. The normalized spacial score (nSPS) is 16.1. The fourth-order valence-electron chi connectivity index (χ4n) is 3.84. The lowest BCUT2D eigenvalue weighted by atomic mass is 9.97. The van der Waals surface area contributed by atoms with Crippen molar-refractivity contribution in [3.63, 3.8) is 0 Å². The highest BCUT2D eigenvalue weighted by molar-refractivity contribution is 5.99. The van der Waals surface area contributed by atoms with Gasteiger partial charge < -0.3 is 14.2 Å². The summed E-state index contributed by atoms with van der Waals surface area (Å²) in [6.07, 6.45) is 0. The van der Waals surface area contributed by atoms with E-state index in [1.807, 2.05) is 32.8 Å². The van der Waals surface area contributed by atoms with Crippen LogP contribution in [0, 0.1) is 19.7 Å². The standard InChI is InChI=1S/C23H23FN2O3/c1-13-10-17-18(11-14(13)2)29-22-19(21(17)27)20(15-6-5-7-16(24)12-15)26(23(22)28)9-8-25(3)4/h5-7,10-12,20H,8-9H2,1-4H3/t20-/m1/s1. The van der Waals surface area contributed by atoms with E-state index in [1.54, 1.807) is 29.2 Å². The Morgan fingerprint density at radius 1 is 1.10 bits per heavy atom. The van der Waals surface area contributed by atoms with Gasteiger partial charge in [0, 0.05) is 13.1 Å². The second kappa shape index (κ2) is 7.12. The first-order valence-corrected chi connectivity index (χ1v) is 9.57. The average Bonchev–Trinajstić information content (AvgIpc) is 2.94. The van der Waals surface area contributed by atoms with Crippen LogP contribution < -0.4 is 5.43 Å². The van der Waals surface area contributed by atoms with Crippen molar-refractivity contribution >= 4 is 16.9 Å². The molecule has 0 spiro atoms. The maximum absolute atomic E-state index is 14.0. The Kier molecular flexibility index (Phi) is 4.74. The third-order valence-corrected chi connectivity index (χ3v) is 5.53. The van der Waals surface area contributed by atoms with Crippen LogP contribution in [0.15, 0.2) is 45.6 Å². The second-order valence-electron chi connectivity index (χ2n) is 7.87. The molecule has 6 heteroatoms. The van der Waals surface area contributed by atoms with Gasteiger partial charge in [0.2, 0.25) is 5.76 Å². The van der Waals surface area contributed by atoms with Crippen molar-refractivity contribution in [3.8, 4) is 0 Å². The van der Waals surface area contributed by atoms with Crippen LogP contribution in [-0.2, 0) is 0 Å². The third kappa shape index (κ3) is 3.23. The number of likely N-dealkylation sites (N-methyl/N-ethyl adjacent to an activating group) is 1. The van der Waals surface area contributed by atoms with Crippen LogP contribution in [0.5, 0.6) is 0 Å². The van der Waals surface area contributed by atoms with Crippen LogP contribution in [0.1, 0.15) is 38.9 Å². The van der Waals surface area contributed by atoms with Crippen molar-refractivity contribution in [2.45, 2.75) is 19.9 Å². The molecule has 0 bridgehead atoms. The Balaban J connectivity index is 1.97. The summed E-state index contributed by atoms with van der Waals surface area (Å²) < 4.78 is 19.9. The molecule has 1 atom stereocenters. The molecule has 1 aliphatic heterocycles. The van der Waals surface area contributed by atoms with Crippen LogP contribution in [0.2, 0.25) is 0 Å². The van der Waals surface area contributed by atoms with Gasteiger partial charge in [-0.05, 0) is 68.9 Å². The summed E-state index contributed by atoms with van der Waals surface area (Å²) in [4.78, 5) is 30.2. The topological polar surface area (TPSA) is 53.8 Å². The van der Waals surface area contributed by atoms with Crippen LogP contribution in [0.4, 0.5) is 4.39 Å². The van der Waals surface area contributed by atoms with Gasteiger partial charge in [0.05, 0.1) is 17.0 Å². The number of amides is 1. The highest BCUT2D eigenvalue weighted by atomic mass is 19.1. The lowest BCUT2D eigenvalue weighted by molar-refractivity contribution is 0.0716. The van der Waals surface area contributed by atoms with E-state index in [1.165, 1.54) is 12.1 Å². The molecule has 4 rings (SSSR count). The number of nitrogens with zero attached hydrogens (tertiary/aromatic N) is 2. The predicted molar refractivity (Wildman–Crippen MR) is 110 cm³/mol. The quantitative estimate of drug-likeness (QED) is 0.678. The zero-order chi connectivity index (χ0) is 20.9. The van der Waals surface area contributed by atoms with Crippen molar-refractivity contribution in [1.82, 2.24) is 9.80 Å². The Hall–Kier alpha value is -2.99. The van der Waals surface area contributed by atoms with Gasteiger partial charge in [-0.3, -0.25) is 9.59 Å². The first-order valence-electron chi connectivity index (χ1n) is 9.57. The second-order valence-corrected chi connectivity index (χ2v) is 7.87. The smallest absolute Gasteiger partial charge is 0.290 e. The summed E-state index contributed by atoms with van der Waals surface area (Å²) in [6, 6.07) is 8.97. The number of hydrogen-bond acceptors (Lipinski definition) is 4. The van der Waals surface area contributed by atoms with E-state index in [0.717, 1.165) is 11.1 Å². The molecule has 3 aromatic rings. The number of rotatable bonds is 4. The van der Waals surface area contributed by atoms with E-state index >= 15 is 0 Å². The lowest BCUT2D eigenvalue weighted by Crippen LogP contribution is -2.35. The summed E-state index contributed by atoms with van der Waals surface area (Å²) in [6.45, 7) is 4.87. The zero-order valence-electron chi connectivity index (χ0n) is 17.0. The molecule has 0 fully saturated rings. The summed E-state index contributed by atoms with van der Waals surface area (Å²) >= 11 is 0. The molecule has 2 heterocycles. The number of halogens is 1. The molecular formula is C23H23FN2O3. The fraction of sp³-hybridized carbons (Fsp3) is 0.304. The molecule has 1 aromatic heterocycles. The van der Waals surface area contributed by atoms with Crippen molar-refractivity contribution in [2.75, 3.05) is 27.2 Å². The van der Waals surface area contributed by atoms with E-state index < -0.39 is 11.9 Å². The molecular weight excluding hydrogens is 371 g/mol. The first-order chi connectivity index (χ1) is 13.8. The van der Waals surface area contributed by atoms with Gasteiger partial charge in [-0.15, -0.1) is 0 Å². The van der Waals surface area contributed by atoms with Crippen LogP contribution in [-0.4, -0.2) is 42.9 Å². The largest absolute Gasteiger partial charge is 0.450 e. The summed E-state index contributed by atoms with van der Waals surface area (Å²) in [5.41, 5.74) is 2.97. The molecule has 0 aliphatic carbocycles. The average molecular weight is 394 g/mol. The van der Waals surface area contributed by atoms with Crippen molar-refractivity contribution in [3.05, 3.63) is 80.5 Å². The molecule has 29 heavy (non-hydrogen) atoms. The highest BCUT2D eigenvalue weighted by Gasteiger charge is 2.42. The van der Waals surface area contributed by atoms with Gasteiger partial charge >= 0.3 is 0 Å². The van der Waals surface area contributed by atoms with Gasteiger partial charge in [-0.2, -0.15) is 0 Å². The minimum absolute atomic E-state index is 0.0544. The zero-order valence-corrected chi connectivity index (χ0v) is 17.0. The molecule has 0 radical (unpaired) electrons. The highest BCUT2D eigenvalue weighted by Crippen LogP contribution is 2.38. The van der Waals surface area contributed by atoms with E-state index in [9.17, 15) is 14.0 Å². The van der Waals surface area contributed by atoms with Crippen LogP contribution in [0.25, 0.3) is 11.0 Å². The molecule has 0 unspecified atom stereocenters. The Morgan fingerprint density at radius 2 is 1.83 bits per heavy atom. The minimum Gasteiger partial charge on any atom is -0.450 e. The number of carbonyl (C=O) groups excluding carboxylic acids is 1. The van der Waals surface area contributed by atoms with Gasteiger partial charge in [0.25, 0.3) is 5.91 Å². The molecule has 0 saturated heterocycles. The Labute approximate surface area is 168 Å². The Morgan fingerprint density at radius 3 is 2.52 bits per heavy atom. The Bertz CT molecular complexity index is 1180. The molecule has 1 amide bonds. The molecule has 2 aromatic carbocycles. The fourth-order valence-corrected chi connectivity index (χ4v) is 3.84. The number of hydrogen-bond donors (Lipinski definition) is 0. The SMILES string of the molecule is Cc1cc2oc3c(c(=O)c2cc1C)[C@@H](c1cccc(F)c1)N(CCN(C)C)C3=O. The van der Waals surface area contributed by atoms with Crippen LogP contribution in [0.3, 0.4) is 0 Å². The van der Waals surface area contributed by atoms with E-state index in [2.05, 4.69) is 0 Å². The van der Waals surface area contributed by atoms with Gasteiger partial charge in [-0.25, -0.2) is 4.39 Å². The van der Waals surface area contributed by atoms with Crippen molar-refractivity contribution in [2.24, 2.45) is 0 Å². The number of aryl methyl sites for hydroxylation is 2. The minimum atomic E-state index is -0.671. The van der Waals surface area contributed by atoms with Gasteiger partial charge in [-0.1, -0.05) is 12.1 Å². The maximum Gasteiger partial charge on any atom is 0.290 e. The van der Waals surface area contributed by atoms with Gasteiger partial charge in [0.15, 0.2) is 5.43 Å².